The molecule has 6 rings (SSSR count). The average molecular weight is 436 g/mol. The standard InChI is InChI=1S/C30H31N2O/c1-17(2)16-32-23-10-8-7-9-22(23)27-19(5)28-26(15-24(27)32)33-25-14-21(18(3)4)13-20-11-12-31(6)30(28)29(20)25/h7-15,17-18H,16H2,1-6H3/q+1. The maximum Gasteiger partial charge on any atom is 0.217 e. The van der Waals surface area contributed by atoms with E-state index in [1.165, 1.54) is 54.6 Å². The Hall–Kier alpha value is -3.33. The van der Waals surface area contributed by atoms with Crippen LogP contribution in [0.2, 0.25) is 0 Å². The van der Waals surface area contributed by atoms with Crippen molar-refractivity contribution >= 4 is 54.6 Å². The Kier molecular flexibility index (Phi) is 4.35. The molecule has 0 aliphatic carbocycles. The quantitative estimate of drug-likeness (QED) is 0.158. The van der Waals surface area contributed by atoms with Gasteiger partial charge in [-0.05, 0) is 47.6 Å². The zero-order chi connectivity index (χ0) is 23.0. The van der Waals surface area contributed by atoms with Crippen molar-refractivity contribution < 1.29 is 8.98 Å². The predicted molar refractivity (Wildman–Crippen MR) is 139 cm³/mol. The van der Waals surface area contributed by atoms with Crippen molar-refractivity contribution in [2.75, 3.05) is 0 Å². The minimum Gasteiger partial charge on any atom is -0.456 e. The van der Waals surface area contributed by atoms with Crippen LogP contribution in [-0.2, 0) is 13.6 Å². The van der Waals surface area contributed by atoms with Crippen LogP contribution in [0.5, 0.6) is 0 Å². The van der Waals surface area contributed by atoms with Gasteiger partial charge in [0.05, 0.1) is 22.4 Å². The minimum atomic E-state index is 0.450. The molecule has 3 aromatic carbocycles. The normalized spacial score (nSPS) is 12.6. The van der Waals surface area contributed by atoms with Crippen LogP contribution in [0.25, 0.3) is 54.6 Å². The van der Waals surface area contributed by atoms with Crippen molar-refractivity contribution in [2.45, 2.75) is 47.1 Å². The molecule has 0 fully saturated rings. The fraction of sp³-hybridized carbons (Fsp3) is 0.300. The van der Waals surface area contributed by atoms with Gasteiger partial charge in [-0.1, -0.05) is 45.9 Å². The molecule has 166 valence electrons. The van der Waals surface area contributed by atoms with Gasteiger partial charge in [-0.25, -0.2) is 0 Å². The summed E-state index contributed by atoms with van der Waals surface area (Å²) < 4.78 is 11.5. The third kappa shape index (κ3) is 2.84. The van der Waals surface area contributed by atoms with Crippen LogP contribution in [0.15, 0.2) is 59.1 Å². The number of pyridine rings is 1. The Balaban J connectivity index is 1.87. The van der Waals surface area contributed by atoms with Crippen molar-refractivity contribution in [2.24, 2.45) is 13.0 Å². The SMILES string of the molecule is Cc1c2c(cc3c1c1ccccc1[n+]3CC(C)C)oc1cc(C(C)C)cc3ccn(C)c2c31. The van der Waals surface area contributed by atoms with Gasteiger partial charge in [0, 0.05) is 36.0 Å². The molecule has 0 amide bonds. The highest BCUT2D eigenvalue weighted by Crippen LogP contribution is 2.40. The second-order valence-corrected chi connectivity index (χ2v) is 10.3. The van der Waals surface area contributed by atoms with E-state index >= 15 is 0 Å². The van der Waals surface area contributed by atoms with E-state index < -0.39 is 0 Å². The molecule has 3 heteroatoms. The number of aromatic nitrogens is 2. The average Bonchev–Trinajstić information content (AvgIpc) is 3.08. The van der Waals surface area contributed by atoms with Gasteiger partial charge in [-0.3, -0.25) is 0 Å². The first-order chi connectivity index (χ1) is 15.8. The molecule has 3 aromatic heterocycles. The molecule has 0 atom stereocenters. The van der Waals surface area contributed by atoms with E-state index in [0.29, 0.717) is 11.8 Å². The smallest absolute Gasteiger partial charge is 0.217 e. The summed E-state index contributed by atoms with van der Waals surface area (Å²) in [6, 6.07) is 17.9. The lowest BCUT2D eigenvalue weighted by Crippen LogP contribution is -2.35. The molecular weight excluding hydrogens is 404 g/mol. The van der Waals surface area contributed by atoms with Gasteiger partial charge in [0.25, 0.3) is 0 Å². The topological polar surface area (TPSA) is 21.9 Å². The highest BCUT2D eigenvalue weighted by atomic mass is 16.3. The van der Waals surface area contributed by atoms with E-state index in [2.05, 4.69) is 106 Å². The Morgan fingerprint density at radius 1 is 0.879 bits per heavy atom. The van der Waals surface area contributed by atoms with E-state index in [1.54, 1.807) is 0 Å². The van der Waals surface area contributed by atoms with Gasteiger partial charge >= 0.3 is 0 Å². The van der Waals surface area contributed by atoms with Crippen LogP contribution < -0.4 is 4.57 Å². The Morgan fingerprint density at radius 2 is 1.64 bits per heavy atom. The summed E-state index contributed by atoms with van der Waals surface area (Å²) in [5.74, 6) is 1.01. The van der Waals surface area contributed by atoms with Gasteiger partial charge < -0.3 is 8.98 Å². The number of rotatable bonds is 3. The molecule has 3 heterocycles. The predicted octanol–water partition coefficient (Wildman–Crippen LogP) is 7.76. The summed E-state index contributed by atoms with van der Waals surface area (Å²) >= 11 is 0. The van der Waals surface area contributed by atoms with Crippen molar-refractivity contribution in [1.82, 2.24) is 4.57 Å². The molecule has 0 aliphatic heterocycles. The summed E-state index contributed by atoms with van der Waals surface area (Å²) in [6.45, 7) is 12.3. The molecule has 0 saturated heterocycles. The first-order valence-corrected chi connectivity index (χ1v) is 12.0. The molecule has 0 bridgehead atoms. The fourth-order valence-corrected chi connectivity index (χ4v) is 5.63. The lowest BCUT2D eigenvalue weighted by atomic mass is 9.95. The van der Waals surface area contributed by atoms with Crippen LogP contribution in [0, 0.1) is 12.8 Å². The van der Waals surface area contributed by atoms with Crippen LogP contribution >= 0.6 is 0 Å². The van der Waals surface area contributed by atoms with Gasteiger partial charge in [-0.15, -0.1) is 0 Å². The first kappa shape index (κ1) is 20.3. The summed E-state index contributed by atoms with van der Waals surface area (Å²) in [6.07, 6.45) is 2.19. The number of nitrogens with zero attached hydrogens (tertiary/aromatic N) is 2. The van der Waals surface area contributed by atoms with Gasteiger partial charge in [0.2, 0.25) is 11.0 Å². The van der Waals surface area contributed by atoms with E-state index in [4.69, 9.17) is 4.42 Å². The maximum absolute atomic E-state index is 6.71. The lowest BCUT2D eigenvalue weighted by molar-refractivity contribution is -0.649. The molecule has 0 N–H and O–H groups in total. The van der Waals surface area contributed by atoms with Crippen LogP contribution in [0.1, 0.15) is 44.7 Å². The molecule has 3 nitrogen and oxygen atoms in total. The second kappa shape index (κ2) is 7.08. The number of hydrogen-bond acceptors (Lipinski definition) is 1. The monoisotopic (exact) mass is 435 g/mol. The van der Waals surface area contributed by atoms with E-state index in [0.717, 1.165) is 17.7 Å². The molecular formula is C30H31N2O+. The van der Waals surface area contributed by atoms with Gasteiger partial charge in [0.15, 0.2) is 6.54 Å². The number of benzene rings is 3. The van der Waals surface area contributed by atoms with Crippen LogP contribution in [-0.4, -0.2) is 4.57 Å². The van der Waals surface area contributed by atoms with E-state index in [9.17, 15) is 0 Å². The van der Waals surface area contributed by atoms with Crippen LogP contribution in [0.4, 0.5) is 0 Å². The molecule has 0 saturated carbocycles. The lowest BCUT2D eigenvalue weighted by Gasteiger charge is -2.16. The van der Waals surface area contributed by atoms with Gasteiger partial charge in [0.1, 0.15) is 11.2 Å². The van der Waals surface area contributed by atoms with Crippen molar-refractivity contribution in [3.8, 4) is 0 Å². The zero-order valence-electron chi connectivity index (χ0n) is 20.4. The highest BCUT2D eigenvalue weighted by molar-refractivity contribution is 6.21. The summed E-state index contributed by atoms with van der Waals surface area (Å²) in [4.78, 5) is 0. The van der Waals surface area contributed by atoms with Crippen LogP contribution in [0.3, 0.4) is 0 Å². The Labute approximate surface area is 194 Å². The van der Waals surface area contributed by atoms with Gasteiger partial charge in [-0.2, -0.15) is 4.57 Å². The van der Waals surface area contributed by atoms with E-state index in [1.807, 2.05) is 0 Å². The largest absolute Gasteiger partial charge is 0.456 e. The van der Waals surface area contributed by atoms with E-state index in [-0.39, 0.29) is 0 Å². The van der Waals surface area contributed by atoms with Crippen molar-refractivity contribution in [3.05, 3.63) is 65.9 Å². The summed E-state index contributed by atoms with van der Waals surface area (Å²) in [5, 5.41) is 6.34. The fourth-order valence-electron chi connectivity index (χ4n) is 5.63. The molecule has 0 spiro atoms. The van der Waals surface area contributed by atoms with Crippen molar-refractivity contribution in [1.29, 1.82) is 0 Å². The molecule has 0 aliphatic rings. The van der Waals surface area contributed by atoms with Crippen molar-refractivity contribution in [3.63, 3.8) is 0 Å². The number of hydrogen-bond donors (Lipinski definition) is 0. The molecule has 0 radical (unpaired) electrons. The molecule has 6 aromatic rings. The maximum atomic E-state index is 6.71. The Bertz CT molecular complexity index is 1710. The third-order valence-corrected chi connectivity index (χ3v) is 7.17. The molecule has 33 heavy (non-hydrogen) atoms. The number of aryl methyl sites for hydroxylation is 2. The summed E-state index contributed by atoms with van der Waals surface area (Å²) in [5.41, 5.74) is 8.35. The second-order valence-electron chi connectivity index (χ2n) is 10.3. The molecule has 0 unspecified atom stereocenters. The summed E-state index contributed by atoms with van der Waals surface area (Å²) in [7, 11) is 2.15. The minimum absolute atomic E-state index is 0.450. The zero-order valence-corrected chi connectivity index (χ0v) is 20.4. The highest BCUT2D eigenvalue weighted by Gasteiger charge is 2.26. The first-order valence-electron chi connectivity index (χ1n) is 12.0. The third-order valence-electron chi connectivity index (χ3n) is 7.17. The Morgan fingerprint density at radius 3 is 2.39 bits per heavy atom. The number of fused-ring (bicyclic) bond motifs is 5. The number of para-hydroxylation sites is 1.